The first-order chi connectivity index (χ1) is 10.9. The Morgan fingerprint density at radius 2 is 1.61 bits per heavy atom. The summed E-state index contributed by atoms with van der Waals surface area (Å²) in [7, 11) is 0. The Labute approximate surface area is 142 Å². The molecule has 1 N–H and O–H groups in total. The van der Waals surface area contributed by atoms with Crippen LogP contribution in [0.25, 0.3) is 0 Å². The highest BCUT2D eigenvalue weighted by Crippen LogP contribution is 2.44. The van der Waals surface area contributed by atoms with Crippen molar-refractivity contribution in [3.8, 4) is 11.5 Å². The maximum absolute atomic E-state index is 10.3. The Hall–Kier alpha value is -1.18. The van der Waals surface area contributed by atoms with Crippen LogP contribution in [0, 0.1) is 20.8 Å². The first-order valence-corrected chi connectivity index (χ1v) is 9.40. The van der Waals surface area contributed by atoms with Crippen LogP contribution in [0.4, 0.5) is 0 Å². The van der Waals surface area contributed by atoms with Gasteiger partial charge in [0.25, 0.3) is 0 Å². The molecule has 2 rings (SSSR count). The summed E-state index contributed by atoms with van der Waals surface area (Å²) in [6, 6.07) is 0. The van der Waals surface area contributed by atoms with Crippen molar-refractivity contribution in [1.29, 1.82) is 0 Å². The highest BCUT2D eigenvalue weighted by molar-refractivity contribution is 5.58. The standard InChI is InChI=1S/C21H34O2/c1-6-7-8-9-10-11-13-21(5)14-12-18-17(4)19(22)15(2)16(3)20(18)23-21/h22H,6-14H2,1-5H3. The van der Waals surface area contributed by atoms with Gasteiger partial charge in [-0.25, -0.2) is 0 Å². The summed E-state index contributed by atoms with van der Waals surface area (Å²) in [5.41, 5.74) is 4.25. The smallest absolute Gasteiger partial charge is 0.127 e. The average molecular weight is 319 g/mol. The van der Waals surface area contributed by atoms with Gasteiger partial charge in [0.2, 0.25) is 0 Å². The van der Waals surface area contributed by atoms with Crippen molar-refractivity contribution >= 4 is 0 Å². The normalized spacial score (nSPS) is 20.2. The number of hydrogen-bond donors (Lipinski definition) is 1. The maximum Gasteiger partial charge on any atom is 0.127 e. The lowest BCUT2D eigenvalue weighted by Gasteiger charge is -2.38. The van der Waals surface area contributed by atoms with Crippen molar-refractivity contribution in [2.75, 3.05) is 0 Å². The molecule has 130 valence electrons. The molecule has 0 saturated heterocycles. The lowest BCUT2D eigenvalue weighted by atomic mass is 9.84. The fourth-order valence-corrected chi connectivity index (χ4v) is 3.75. The molecule has 0 aliphatic carbocycles. The Kier molecular flexibility index (Phi) is 6.00. The van der Waals surface area contributed by atoms with Gasteiger partial charge < -0.3 is 9.84 Å². The number of hydrogen-bond acceptors (Lipinski definition) is 2. The predicted octanol–water partition coefficient (Wildman–Crippen LogP) is 6.15. The summed E-state index contributed by atoms with van der Waals surface area (Å²) in [5.74, 6) is 1.49. The summed E-state index contributed by atoms with van der Waals surface area (Å²) >= 11 is 0. The molecule has 2 nitrogen and oxygen atoms in total. The van der Waals surface area contributed by atoms with E-state index in [9.17, 15) is 5.11 Å². The molecule has 1 aromatic carbocycles. The molecular formula is C21H34O2. The third-order valence-electron chi connectivity index (χ3n) is 5.65. The fraction of sp³-hybridized carbons (Fsp3) is 0.714. The molecule has 1 atom stereocenters. The Bertz CT molecular complexity index is 548. The number of aromatic hydroxyl groups is 1. The summed E-state index contributed by atoms with van der Waals surface area (Å²) in [5, 5.41) is 10.3. The lowest BCUT2D eigenvalue weighted by Crippen LogP contribution is -2.37. The summed E-state index contributed by atoms with van der Waals surface area (Å²) < 4.78 is 6.48. The predicted molar refractivity (Wildman–Crippen MR) is 97.7 cm³/mol. The quantitative estimate of drug-likeness (QED) is 0.611. The van der Waals surface area contributed by atoms with Gasteiger partial charge in [0.15, 0.2) is 0 Å². The van der Waals surface area contributed by atoms with Gasteiger partial charge in [0, 0.05) is 5.56 Å². The monoisotopic (exact) mass is 318 g/mol. The molecule has 23 heavy (non-hydrogen) atoms. The molecule has 0 amide bonds. The van der Waals surface area contributed by atoms with E-state index in [1.165, 1.54) is 44.1 Å². The molecule has 0 fully saturated rings. The number of phenols is 1. The topological polar surface area (TPSA) is 29.5 Å². The van der Waals surface area contributed by atoms with Crippen LogP contribution < -0.4 is 4.74 Å². The third-order valence-corrected chi connectivity index (χ3v) is 5.65. The maximum atomic E-state index is 10.3. The number of benzene rings is 1. The largest absolute Gasteiger partial charge is 0.507 e. The van der Waals surface area contributed by atoms with Crippen molar-refractivity contribution in [2.24, 2.45) is 0 Å². The van der Waals surface area contributed by atoms with E-state index in [2.05, 4.69) is 20.8 Å². The van der Waals surface area contributed by atoms with Gasteiger partial charge in [0.1, 0.15) is 17.1 Å². The number of phenolic OH excluding ortho intramolecular Hbond substituents is 1. The van der Waals surface area contributed by atoms with E-state index in [1.54, 1.807) is 0 Å². The second-order valence-corrected chi connectivity index (χ2v) is 7.60. The molecule has 2 heteroatoms. The fourth-order valence-electron chi connectivity index (χ4n) is 3.75. The molecule has 1 aliphatic heterocycles. The van der Waals surface area contributed by atoms with Gasteiger partial charge in [-0.3, -0.25) is 0 Å². The van der Waals surface area contributed by atoms with Crippen LogP contribution >= 0.6 is 0 Å². The van der Waals surface area contributed by atoms with Crippen molar-refractivity contribution in [3.63, 3.8) is 0 Å². The van der Waals surface area contributed by atoms with Crippen LogP contribution in [-0.2, 0) is 6.42 Å². The first kappa shape index (κ1) is 18.2. The second kappa shape index (κ2) is 7.59. The van der Waals surface area contributed by atoms with Crippen LogP contribution in [0.3, 0.4) is 0 Å². The summed E-state index contributed by atoms with van der Waals surface area (Å²) in [6.07, 6.45) is 11.2. The van der Waals surface area contributed by atoms with Crippen LogP contribution in [0.2, 0.25) is 0 Å². The third kappa shape index (κ3) is 4.02. The Morgan fingerprint density at radius 1 is 0.957 bits per heavy atom. The van der Waals surface area contributed by atoms with Crippen LogP contribution in [0.5, 0.6) is 11.5 Å². The number of fused-ring (bicyclic) bond motifs is 1. The van der Waals surface area contributed by atoms with E-state index in [0.29, 0.717) is 5.75 Å². The Balaban J connectivity index is 2.02. The zero-order chi connectivity index (χ0) is 17.0. The number of unbranched alkanes of at least 4 members (excludes halogenated alkanes) is 5. The van der Waals surface area contributed by atoms with E-state index >= 15 is 0 Å². The highest BCUT2D eigenvalue weighted by Gasteiger charge is 2.33. The minimum atomic E-state index is -0.0433. The molecule has 1 unspecified atom stereocenters. The second-order valence-electron chi connectivity index (χ2n) is 7.60. The average Bonchev–Trinajstić information content (AvgIpc) is 2.54. The van der Waals surface area contributed by atoms with Crippen molar-refractivity contribution in [2.45, 2.75) is 98.0 Å². The van der Waals surface area contributed by atoms with Gasteiger partial charge in [-0.1, -0.05) is 39.0 Å². The van der Waals surface area contributed by atoms with Crippen molar-refractivity contribution < 1.29 is 9.84 Å². The first-order valence-electron chi connectivity index (χ1n) is 9.40. The van der Waals surface area contributed by atoms with E-state index in [-0.39, 0.29) is 5.60 Å². The molecule has 1 aliphatic rings. The van der Waals surface area contributed by atoms with E-state index in [0.717, 1.165) is 41.7 Å². The van der Waals surface area contributed by atoms with Crippen molar-refractivity contribution in [3.05, 3.63) is 22.3 Å². The van der Waals surface area contributed by atoms with Crippen LogP contribution in [0.1, 0.15) is 87.5 Å². The van der Waals surface area contributed by atoms with E-state index in [1.807, 2.05) is 13.8 Å². The van der Waals surface area contributed by atoms with Crippen LogP contribution in [0.15, 0.2) is 0 Å². The molecule has 0 radical (unpaired) electrons. The molecule has 1 heterocycles. The van der Waals surface area contributed by atoms with Gasteiger partial charge in [-0.15, -0.1) is 0 Å². The zero-order valence-electron chi connectivity index (χ0n) is 15.7. The molecule has 0 bridgehead atoms. The van der Waals surface area contributed by atoms with Gasteiger partial charge in [0.05, 0.1) is 0 Å². The molecule has 0 aromatic heterocycles. The SMILES string of the molecule is CCCCCCCCC1(C)CCc2c(C)c(O)c(C)c(C)c2O1. The van der Waals surface area contributed by atoms with E-state index < -0.39 is 0 Å². The lowest BCUT2D eigenvalue weighted by molar-refractivity contribution is 0.0521. The molecular weight excluding hydrogens is 284 g/mol. The summed E-state index contributed by atoms with van der Waals surface area (Å²) in [4.78, 5) is 0. The van der Waals surface area contributed by atoms with Crippen LogP contribution in [-0.4, -0.2) is 10.7 Å². The minimum absolute atomic E-state index is 0.0433. The number of ether oxygens (including phenoxy) is 1. The van der Waals surface area contributed by atoms with E-state index in [4.69, 9.17) is 4.74 Å². The molecule has 1 aromatic rings. The molecule has 0 saturated carbocycles. The number of rotatable bonds is 7. The zero-order valence-corrected chi connectivity index (χ0v) is 15.7. The van der Waals surface area contributed by atoms with Gasteiger partial charge in [-0.05, 0) is 70.1 Å². The highest BCUT2D eigenvalue weighted by atomic mass is 16.5. The van der Waals surface area contributed by atoms with Gasteiger partial charge >= 0.3 is 0 Å². The Morgan fingerprint density at radius 3 is 2.30 bits per heavy atom. The molecule has 0 spiro atoms. The van der Waals surface area contributed by atoms with Crippen molar-refractivity contribution in [1.82, 2.24) is 0 Å². The minimum Gasteiger partial charge on any atom is -0.507 e. The van der Waals surface area contributed by atoms with Gasteiger partial charge in [-0.2, -0.15) is 0 Å². The summed E-state index contributed by atoms with van der Waals surface area (Å²) in [6.45, 7) is 10.6.